The summed E-state index contributed by atoms with van der Waals surface area (Å²) in [6.07, 6.45) is 2.74. The number of amides is 8. The molecule has 2 aromatic carbocycles. The van der Waals surface area contributed by atoms with Crippen LogP contribution in [0, 0.1) is 17.3 Å². The lowest BCUT2D eigenvalue weighted by Crippen LogP contribution is -2.59. The molecular formula is C52H78N10O8. The molecule has 2 saturated heterocycles. The fourth-order valence-corrected chi connectivity index (χ4v) is 9.18. The number of carbonyl (C=O) groups excluding carboxylic acids is 8. The fourth-order valence-electron chi connectivity index (χ4n) is 9.18. The van der Waals surface area contributed by atoms with Crippen molar-refractivity contribution >= 4 is 47.3 Å². The lowest BCUT2D eigenvalue weighted by molar-refractivity contribution is -0.144. The van der Waals surface area contributed by atoms with Gasteiger partial charge in [0.1, 0.15) is 24.2 Å². The van der Waals surface area contributed by atoms with Crippen LogP contribution in [-0.2, 0) is 35.2 Å². The summed E-state index contributed by atoms with van der Waals surface area (Å²) in [5.74, 6) is -3.59. The molecule has 8 amide bonds. The summed E-state index contributed by atoms with van der Waals surface area (Å²) in [4.78, 5) is 114. The van der Waals surface area contributed by atoms with Gasteiger partial charge in [-0.1, -0.05) is 78.8 Å². The van der Waals surface area contributed by atoms with Crippen molar-refractivity contribution in [2.24, 2.45) is 17.3 Å². The minimum absolute atomic E-state index is 0.00669. The van der Waals surface area contributed by atoms with Crippen LogP contribution < -0.4 is 42.5 Å². The Morgan fingerprint density at radius 3 is 1.67 bits per heavy atom. The van der Waals surface area contributed by atoms with Crippen molar-refractivity contribution in [3.05, 3.63) is 70.8 Å². The Kier molecular flexibility index (Phi) is 18.7. The van der Waals surface area contributed by atoms with Gasteiger partial charge in [0.25, 0.3) is 11.8 Å². The molecule has 5 rings (SSSR count). The number of likely N-dealkylation sites (N-methyl/N-ethyl adjacent to an activating group) is 2. The molecule has 2 aromatic rings. The van der Waals surface area contributed by atoms with Crippen LogP contribution >= 0.6 is 0 Å². The van der Waals surface area contributed by atoms with E-state index in [-0.39, 0.29) is 84.6 Å². The fraction of sp³-hybridized carbons (Fsp3) is 0.615. The summed E-state index contributed by atoms with van der Waals surface area (Å²) in [5.41, 5.74) is 1.78. The van der Waals surface area contributed by atoms with Crippen LogP contribution in [0.4, 0.5) is 0 Å². The van der Waals surface area contributed by atoms with Crippen molar-refractivity contribution < 1.29 is 38.4 Å². The zero-order valence-electron chi connectivity index (χ0n) is 43.2. The first kappa shape index (κ1) is 55.1. The molecule has 384 valence electrons. The highest BCUT2D eigenvalue weighted by molar-refractivity contribution is 6.01. The lowest BCUT2D eigenvalue weighted by Gasteiger charge is -2.36. The number of benzene rings is 2. The molecule has 2 fully saturated rings. The normalized spacial score (nSPS) is 22.2. The summed E-state index contributed by atoms with van der Waals surface area (Å²) in [7, 11) is 3.29. The Labute approximate surface area is 413 Å². The SMILES string of the molecule is CN[C@@H](C)C(=O)N[C@H](C(=O)N1C[C@@H](NC(=O)c2cccc(C(=O)N[C@H]3C[C@@H](C(=O)N[C@@H]4CCCc5ccccc54)N(C(=O)[C@@H](NC(=O)[C@H](C)NC)C(C)(C)C)C3)c2)C[C@H]1C(=O)N[C@H](C)C(C)C)C(C)C. The zero-order valence-corrected chi connectivity index (χ0v) is 43.2. The molecule has 10 atom stereocenters. The molecule has 0 unspecified atom stereocenters. The predicted molar refractivity (Wildman–Crippen MR) is 267 cm³/mol. The molecule has 0 aromatic heterocycles. The van der Waals surface area contributed by atoms with Gasteiger partial charge in [-0.3, -0.25) is 38.4 Å². The molecule has 18 nitrogen and oxygen atoms in total. The molecule has 18 heteroatoms. The average Bonchev–Trinajstić information content (AvgIpc) is 3.95. The largest absolute Gasteiger partial charge is 0.352 e. The first-order chi connectivity index (χ1) is 32.9. The Bertz CT molecular complexity index is 2240. The maximum atomic E-state index is 14.6. The Morgan fingerprint density at radius 2 is 1.14 bits per heavy atom. The first-order valence-corrected chi connectivity index (χ1v) is 24.9. The molecular weight excluding hydrogens is 893 g/mol. The van der Waals surface area contributed by atoms with E-state index < -0.39 is 77.4 Å². The predicted octanol–water partition coefficient (Wildman–Crippen LogP) is 2.33. The van der Waals surface area contributed by atoms with Crippen molar-refractivity contribution in [3.8, 4) is 0 Å². The zero-order chi connectivity index (χ0) is 51.8. The Morgan fingerprint density at radius 1 is 0.614 bits per heavy atom. The number of likely N-dealkylation sites (tertiary alicyclic amines) is 2. The monoisotopic (exact) mass is 971 g/mol. The van der Waals surface area contributed by atoms with Crippen LogP contribution in [0.3, 0.4) is 0 Å². The maximum Gasteiger partial charge on any atom is 0.251 e. The maximum absolute atomic E-state index is 14.6. The van der Waals surface area contributed by atoms with E-state index in [0.29, 0.717) is 0 Å². The molecule has 0 radical (unpaired) electrons. The van der Waals surface area contributed by atoms with Crippen LogP contribution in [0.5, 0.6) is 0 Å². The molecule has 70 heavy (non-hydrogen) atoms. The van der Waals surface area contributed by atoms with Gasteiger partial charge >= 0.3 is 0 Å². The van der Waals surface area contributed by atoms with Gasteiger partial charge in [0.05, 0.1) is 18.1 Å². The summed E-state index contributed by atoms with van der Waals surface area (Å²) in [5, 5.41) is 23.7. The molecule has 2 heterocycles. The van der Waals surface area contributed by atoms with Crippen LogP contribution in [0.25, 0.3) is 0 Å². The Hall–Kier alpha value is -5.88. The van der Waals surface area contributed by atoms with Gasteiger partial charge in [0, 0.05) is 42.3 Å². The number of nitrogens with zero attached hydrogens (tertiary/aromatic N) is 2. The van der Waals surface area contributed by atoms with E-state index in [4.69, 9.17) is 0 Å². The second-order valence-corrected chi connectivity index (χ2v) is 21.2. The van der Waals surface area contributed by atoms with Crippen molar-refractivity contribution in [3.63, 3.8) is 0 Å². The van der Waals surface area contributed by atoms with E-state index in [2.05, 4.69) is 48.6 Å². The number of nitrogens with one attached hydrogen (secondary N) is 8. The Balaban J connectivity index is 1.34. The molecule has 0 saturated carbocycles. The first-order valence-electron chi connectivity index (χ1n) is 24.9. The second kappa shape index (κ2) is 23.8. The minimum Gasteiger partial charge on any atom is -0.352 e. The minimum atomic E-state index is -0.992. The molecule has 2 aliphatic heterocycles. The van der Waals surface area contributed by atoms with Gasteiger partial charge in [-0.05, 0) is 114 Å². The van der Waals surface area contributed by atoms with Gasteiger partial charge in [-0.25, -0.2) is 0 Å². The number of fused-ring (bicyclic) bond motifs is 1. The lowest BCUT2D eigenvalue weighted by atomic mass is 9.85. The van der Waals surface area contributed by atoms with Crippen LogP contribution in [-0.4, -0.2) is 139 Å². The number of aryl methyl sites for hydroxylation is 1. The molecule has 0 spiro atoms. The summed E-state index contributed by atoms with van der Waals surface area (Å²) < 4.78 is 0. The number of hydrogen-bond acceptors (Lipinski definition) is 10. The summed E-state index contributed by atoms with van der Waals surface area (Å²) >= 11 is 0. The number of rotatable bonds is 18. The number of hydrogen-bond donors (Lipinski definition) is 8. The van der Waals surface area contributed by atoms with Crippen molar-refractivity contribution in [2.75, 3.05) is 27.2 Å². The van der Waals surface area contributed by atoms with Gasteiger partial charge in [-0.2, -0.15) is 0 Å². The van der Waals surface area contributed by atoms with Gasteiger partial charge < -0.3 is 52.3 Å². The van der Waals surface area contributed by atoms with Gasteiger partial charge in [0.15, 0.2) is 0 Å². The van der Waals surface area contributed by atoms with E-state index >= 15 is 0 Å². The smallest absolute Gasteiger partial charge is 0.251 e. The summed E-state index contributed by atoms with van der Waals surface area (Å²) in [6, 6.07) is 7.41. The van der Waals surface area contributed by atoms with E-state index in [9.17, 15) is 38.4 Å². The quantitative estimate of drug-likeness (QED) is 0.109. The highest BCUT2D eigenvalue weighted by Gasteiger charge is 2.47. The average molecular weight is 971 g/mol. The van der Waals surface area contributed by atoms with Crippen molar-refractivity contribution in [2.45, 2.75) is 162 Å². The van der Waals surface area contributed by atoms with Gasteiger partial charge in [-0.15, -0.1) is 0 Å². The molecule has 1 aliphatic carbocycles. The topological polar surface area (TPSA) is 239 Å². The standard InChI is InChI=1S/C52H78N10O8/c1-28(2)30(5)55-48(67)40-24-36(26-61(40)50(69)42(29(3)4)59-44(63)31(6)53-11)56-46(65)34-19-15-20-35(23-34)47(66)57-37-25-41(49(68)58-39-22-16-18-33-17-13-14-21-38(33)39)62(27-37)51(70)43(52(8,9)10)60-45(64)32(7)54-12/h13-15,17,19-21,23,28-32,36-37,39-43,53-54H,16,18,22,24-27H2,1-12H3,(H,55,67)(H,56,65)(H,57,66)(H,58,68)(H,59,63)(H,60,64)/t30-,31+,32+,36+,37+,39-,40+,41+,42+,43-/m1/s1. The molecule has 8 N–H and O–H groups in total. The van der Waals surface area contributed by atoms with Crippen LogP contribution in [0.1, 0.15) is 133 Å². The van der Waals surface area contributed by atoms with E-state index in [1.807, 2.05) is 73.6 Å². The second-order valence-electron chi connectivity index (χ2n) is 21.2. The van der Waals surface area contributed by atoms with Gasteiger partial charge in [0.2, 0.25) is 35.4 Å². The highest BCUT2D eigenvalue weighted by Crippen LogP contribution is 2.32. The molecule has 0 bridgehead atoms. The third-order valence-electron chi connectivity index (χ3n) is 14.2. The number of carbonyl (C=O) groups is 8. The highest BCUT2D eigenvalue weighted by atomic mass is 16.2. The van der Waals surface area contributed by atoms with E-state index in [1.165, 1.54) is 15.9 Å². The van der Waals surface area contributed by atoms with Crippen LogP contribution in [0.15, 0.2) is 48.5 Å². The van der Waals surface area contributed by atoms with E-state index in [0.717, 1.165) is 30.4 Å². The van der Waals surface area contributed by atoms with Crippen molar-refractivity contribution in [1.82, 2.24) is 52.3 Å². The van der Waals surface area contributed by atoms with E-state index in [1.54, 1.807) is 46.1 Å². The molecule has 3 aliphatic rings. The van der Waals surface area contributed by atoms with Crippen LogP contribution in [0.2, 0.25) is 0 Å². The summed E-state index contributed by atoms with van der Waals surface area (Å²) in [6.45, 7) is 18.4. The third kappa shape index (κ3) is 13.5. The van der Waals surface area contributed by atoms with Crippen molar-refractivity contribution in [1.29, 1.82) is 0 Å². The third-order valence-corrected chi connectivity index (χ3v) is 14.2.